The summed E-state index contributed by atoms with van der Waals surface area (Å²) in [6.45, 7) is 5.54. The number of rotatable bonds is 11. The summed E-state index contributed by atoms with van der Waals surface area (Å²) in [6, 6.07) is 11.3. The fourth-order valence-electron chi connectivity index (χ4n) is 3.51. The van der Waals surface area contributed by atoms with E-state index in [-0.39, 0.29) is 18.4 Å². The van der Waals surface area contributed by atoms with E-state index in [9.17, 15) is 4.79 Å². The molecule has 0 aliphatic carbocycles. The molecule has 0 aliphatic heterocycles. The summed E-state index contributed by atoms with van der Waals surface area (Å²) in [4.78, 5) is 25.6. The molecule has 3 heterocycles. The number of nitrogens with zero attached hydrogens (tertiary/aromatic N) is 3. The van der Waals surface area contributed by atoms with Crippen molar-refractivity contribution < 1.29 is 19.6 Å². The molecular formula is C28H34N5O3+. The highest BCUT2D eigenvalue weighted by atomic mass is 16.6. The van der Waals surface area contributed by atoms with Crippen LogP contribution in [0.25, 0.3) is 11.0 Å². The van der Waals surface area contributed by atoms with Crippen LogP contribution in [-0.4, -0.2) is 39.3 Å². The second kappa shape index (κ2) is 12.7. The van der Waals surface area contributed by atoms with E-state index in [2.05, 4.69) is 15.0 Å². The highest BCUT2D eigenvalue weighted by molar-refractivity contribution is 6.01. The first-order chi connectivity index (χ1) is 17.2. The third-order valence-electron chi connectivity index (χ3n) is 5.21. The van der Waals surface area contributed by atoms with E-state index >= 15 is 0 Å². The Bertz CT molecular complexity index is 1230. The molecule has 188 valence electrons. The number of fused-ring (bicyclic) bond motifs is 1. The number of methoxy groups -OCH3 is 1. The molecule has 0 saturated carbocycles. The minimum atomic E-state index is -0.554. The smallest absolute Gasteiger partial charge is 0.312 e. The van der Waals surface area contributed by atoms with Crippen molar-refractivity contribution in [3.63, 3.8) is 0 Å². The van der Waals surface area contributed by atoms with Gasteiger partial charge >= 0.3 is 5.97 Å². The van der Waals surface area contributed by atoms with Gasteiger partial charge in [-0.15, -0.1) is 0 Å². The molecule has 0 spiro atoms. The number of nitrogens with two attached hydrogens (primary N) is 1. The van der Waals surface area contributed by atoms with Crippen molar-refractivity contribution in [3.8, 4) is 5.88 Å². The number of allylic oxidation sites excluding steroid dienone is 3. The summed E-state index contributed by atoms with van der Waals surface area (Å²) in [6.07, 6.45) is 12.4. The number of esters is 1. The number of carbonyl (C=O) groups excluding carboxylic acids is 1. The standard InChI is InChI=1S/C28H33N5O3/c1-28(2,3)36-26(34)18-24(21-12-14-25(35-4)32-19-21)30-17-15-22(29)9-5-6-10-23-13-11-20-8-7-16-31-27(20)33-23/h5,7-9,11-17,19,24,29-30H,6,10,18H2,1-4H3/p+1. The third-order valence-corrected chi connectivity index (χ3v) is 5.21. The Morgan fingerprint density at radius 3 is 2.69 bits per heavy atom. The van der Waals surface area contributed by atoms with Crippen LogP contribution in [0.3, 0.4) is 0 Å². The lowest BCUT2D eigenvalue weighted by Crippen LogP contribution is -2.79. The Labute approximate surface area is 212 Å². The maximum atomic E-state index is 12.5. The molecule has 8 heteroatoms. The summed E-state index contributed by atoms with van der Waals surface area (Å²) in [5, 5.41) is 11.1. The average Bonchev–Trinajstić information content (AvgIpc) is 2.85. The van der Waals surface area contributed by atoms with Crippen molar-refractivity contribution in [2.24, 2.45) is 0 Å². The average molecular weight is 489 g/mol. The Morgan fingerprint density at radius 1 is 1.14 bits per heavy atom. The van der Waals surface area contributed by atoms with Gasteiger partial charge in [0, 0.05) is 41.2 Å². The van der Waals surface area contributed by atoms with Crippen molar-refractivity contribution >= 4 is 22.7 Å². The van der Waals surface area contributed by atoms with Gasteiger partial charge in [0.25, 0.3) is 0 Å². The number of hydrogen-bond acceptors (Lipinski definition) is 7. The predicted molar refractivity (Wildman–Crippen MR) is 140 cm³/mol. The van der Waals surface area contributed by atoms with Gasteiger partial charge in [-0.2, -0.15) is 0 Å². The molecule has 0 amide bonds. The Kier molecular flexibility index (Phi) is 9.41. The van der Waals surface area contributed by atoms with Gasteiger partial charge in [0.15, 0.2) is 5.65 Å². The maximum Gasteiger partial charge on any atom is 0.312 e. The lowest BCUT2D eigenvalue weighted by atomic mass is 10.1. The first-order valence-electron chi connectivity index (χ1n) is 11.9. The zero-order valence-corrected chi connectivity index (χ0v) is 21.3. The summed E-state index contributed by atoms with van der Waals surface area (Å²) in [5.41, 5.74) is 2.40. The third kappa shape index (κ3) is 8.70. The maximum absolute atomic E-state index is 12.5. The van der Waals surface area contributed by atoms with Crippen molar-refractivity contribution in [1.29, 1.82) is 5.41 Å². The normalized spacial score (nSPS) is 12.8. The SMILES string of the molecule is COc1ccc(C(CC(=O)OC(C)(C)C)[NH2+]C=CC(=N)C=CCCc2ccc3cccnc3n2)cn1. The monoisotopic (exact) mass is 488 g/mol. The van der Waals surface area contributed by atoms with E-state index < -0.39 is 5.60 Å². The van der Waals surface area contributed by atoms with Crippen molar-refractivity contribution in [1.82, 2.24) is 15.0 Å². The molecular weight excluding hydrogens is 454 g/mol. The van der Waals surface area contributed by atoms with E-state index in [0.717, 1.165) is 35.1 Å². The highest BCUT2D eigenvalue weighted by Crippen LogP contribution is 2.18. The van der Waals surface area contributed by atoms with Crippen LogP contribution in [-0.2, 0) is 16.0 Å². The molecule has 8 nitrogen and oxygen atoms in total. The second-order valence-electron chi connectivity index (χ2n) is 9.33. The molecule has 1 unspecified atom stereocenters. The van der Waals surface area contributed by atoms with Gasteiger partial charge in [-0.3, -0.25) is 4.79 Å². The van der Waals surface area contributed by atoms with E-state index in [4.69, 9.17) is 14.9 Å². The topological polar surface area (TPSA) is 115 Å². The highest BCUT2D eigenvalue weighted by Gasteiger charge is 2.23. The summed E-state index contributed by atoms with van der Waals surface area (Å²) in [7, 11) is 1.56. The number of hydrogen-bond donors (Lipinski definition) is 2. The van der Waals surface area contributed by atoms with Crippen LogP contribution in [0.4, 0.5) is 0 Å². The second-order valence-corrected chi connectivity index (χ2v) is 9.33. The number of nitrogens with one attached hydrogen (secondary N) is 1. The number of quaternary nitrogens is 1. The zero-order chi connectivity index (χ0) is 26.0. The minimum absolute atomic E-state index is 0.173. The van der Waals surface area contributed by atoms with Crippen LogP contribution >= 0.6 is 0 Å². The number of carbonyl (C=O) groups is 1. The molecule has 0 bridgehead atoms. The van der Waals surface area contributed by atoms with Crippen LogP contribution < -0.4 is 10.1 Å². The van der Waals surface area contributed by atoms with E-state index in [1.54, 1.807) is 43.9 Å². The molecule has 3 N–H and O–H groups in total. The fourth-order valence-corrected chi connectivity index (χ4v) is 3.51. The molecule has 3 rings (SSSR count). The first kappa shape index (κ1) is 26.7. The molecule has 0 saturated heterocycles. The van der Waals surface area contributed by atoms with Gasteiger partial charge < -0.3 is 20.2 Å². The van der Waals surface area contributed by atoms with Gasteiger partial charge in [0.1, 0.15) is 18.1 Å². The number of ether oxygens (including phenoxy) is 2. The number of aromatic nitrogens is 3. The molecule has 0 fully saturated rings. The molecule has 1 atom stereocenters. The first-order valence-corrected chi connectivity index (χ1v) is 11.9. The minimum Gasteiger partial charge on any atom is -0.481 e. The molecule has 0 aromatic carbocycles. The van der Waals surface area contributed by atoms with Crippen LogP contribution in [0, 0.1) is 5.41 Å². The fraction of sp³-hybridized carbons (Fsp3) is 0.321. The van der Waals surface area contributed by atoms with Crippen LogP contribution in [0.2, 0.25) is 0 Å². The largest absolute Gasteiger partial charge is 0.481 e. The van der Waals surface area contributed by atoms with E-state index in [1.165, 1.54) is 0 Å². The lowest BCUT2D eigenvalue weighted by molar-refractivity contribution is -0.632. The summed E-state index contributed by atoms with van der Waals surface area (Å²) < 4.78 is 10.6. The van der Waals surface area contributed by atoms with Gasteiger partial charge in [0.05, 0.1) is 19.0 Å². The van der Waals surface area contributed by atoms with Crippen molar-refractivity contribution in [2.45, 2.75) is 51.7 Å². The molecule has 0 aliphatic rings. The van der Waals surface area contributed by atoms with E-state index in [1.807, 2.05) is 62.5 Å². The van der Waals surface area contributed by atoms with Crippen molar-refractivity contribution in [2.75, 3.05) is 7.11 Å². The Hall–Kier alpha value is -3.91. The quantitative estimate of drug-likeness (QED) is 0.310. The summed E-state index contributed by atoms with van der Waals surface area (Å²) >= 11 is 0. The van der Waals surface area contributed by atoms with Gasteiger partial charge in [0.2, 0.25) is 5.88 Å². The van der Waals surface area contributed by atoms with Crippen molar-refractivity contribution in [3.05, 3.63) is 84.5 Å². The molecule has 0 radical (unpaired) electrons. The summed E-state index contributed by atoms with van der Waals surface area (Å²) in [5.74, 6) is 0.216. The van der Waals surface area contributed by atoms with Crippen LogP contribution in [0.15, 0.2) is 73.2 Å². The van der Waals surface area contributed by atoms with Gasteiger partial charge in [-0.25, -0.2) is 15.0 Å². The number of pyridine rings is 3. The van der Waals surface area contributed by atoms with E-state index in [0.29, 0.717) is 11.6 Å². The molecule has 36 heavy (non-hydrogen) atoms. The Morgan fingerprint density at radius 2 is 1.97 bits per heavy atom. The Balaban J connectivity index is 1.55. The lowest BCUT2D eigenvalue weighted by Gasteiger charge is -2.21. The van der Waals surface area contributed by atoms with Gasteiger partial charge in [-0.1, -0.05) is 6.08 Å². The van der Waals surface area contributed by atoms with Crippen LogP contribution in [0.5, 0.6) is 5.88 Å². The predicted octanol–water partition coefficient (Wildman–Crippen LogP) is 4.09. The number of aryl methyl sites for hydroxylation is 1. The molecule has 3 aromatic rings. The van der Waals surface area contributed by atoms with Crippen LogP contribution in [0.1, 0.15) is 50.9 Å². The molecule has 3 aromatic heterocycles. The zero-order valence-electron chi connectivity index (χ0n) is 21.3. The van der Waals surface area contributed by atoms with Gasteiger partial charge in [-0.05, 0) is 70.0 Å².